The summed E-state index contributed by atoms with van der Waals surface area (Å²) in [6.07, 6.45) is 0.128. The van der Waals surface area contributed by atoms with Crippen LogP contribution >= 0.6 is 35.0 Å². The predicted octanol–water partition coefficient (Wildman–Crippen LogP) is 5.17. The third-order valence-corrected chi connectivity index (χ3v) is 5.14. The summed E-state index contributed by atoms with van der Waals surface area (Å²) >= 11 is 13.0. The molecule has 2 rings (SSSR count). The molecule has 5 nitrogen and oxygen atoms in total. The number of hydrogen-bond acceptors (Lipinski definition) is 4. The number of hydrogen-bond donors (Lipinski definition) is 1. The van der Waals surface area contributed by atoms with Gasteiger partial charge in [-0.05, 0) is 36.0 Å². The Kier molecular flexibility index (Phi) is 7.63. The molecule has 2 aromatic rings. The van der Waals surface area contributed by atoms with Crippen molar-refractivity contribution in [2.45, 2.75) is 11.3 Å². The fraction of sp³-hybridized carbons (Fsp3) is 0.222. The molecule has 0 fully saturated rings. The minimum atomic E-state index is -0.228. The summed E-state index contributed by atoms with van der Waals surface area (Å²) in [6.45, 7) is 0.151. The van der Waals surface area contributed by atoms with Gasteiger partial charge in [-0.3, -0.25) is 9.59 Å². The summed E-state index contributed by atoms with van der Waals surface area (Å²) in [7, 11) is 3.35. The Morgan fingerprint density at radius 1 is 1.12 bits per heavy atom. The second-order valence-corrected chi connectivity index (χ2v) is 7.24. The molecule has 0 saturated carbocycles. The molecular formula is C18H18Cl2N2O3S. The predicted molar refractivity (Wildman–Crippen MR) is 107 cm³/mol. The summed E-state index contributed by atoms with van der Waals surface area (Å²) in [6, 6.07) is 12.2. The van der Waals surface area contributed by atoms with E-state index < -0.39 is 0 Å². The van der Waals surface area contributed by atoms with Crippen molar-refractivity contribution >= 4 is 51.8 Å². The van der Waals surface area contributed by atoms with Gasteiger partial charge in [0.25, 0.3) is 5.24 Å². The van der Waals surface area contributed by atoms with Crippen LogP contribution in [0.4, 0.5) is 10.5 Å². The molecular weight excluding hydrogens is 395 g/mol. The Bertz CT molecular complexity index is 800. The number of nitrogens with one attached hydrogen (secondary N) is 1. The number of anilines is 1. The molecule has 0 atom stereocenters. The summed E-state index contributed by atoms with van der Waals surface area (Å²) in [4.78, 5) is 26.2. The highest BCUT2D eigenvalue weighted by molar-refractivity contribution is 8.13. The first-order valence-electron chi connectivity index (χ1n) is 7.73. The average molecular weight is 413 g/mol. The number of para-hydroxylation sites is 1. The van der Waals surface area contributed by atoms with Crippen molar-refractivity contribution in [2.75, 3.05) is 26.0 Å². The first-order chi connectivity index (χ1) is 12.4. The summed E-state index contributed by atoms with van der Waals surface area (Å²) in [5.41, 5.74) is 0.582. The van der Waals surface area contributed by atoms with Gasteiger partial charge in [0.2, 0.25) is 5.91 Å². The highest BCUT2D eigenvalue weighted by Crippen LogP contribution is 2.31. The number of thioether (sulfide) groups is 1. The lowest BCUT2D eigenvalue weighted by atomic mass is 10.3. The summed E-state index contributed by atoms with van der Waals surface area (Å²) in [5.74, 6) is 0.202. The van der Waals surface area contributed by atoms with E-state index in [1.54, 1.807) is 50.5 Å². The number of nitrogens with zero attached hydrogens (tertiary/aromatic N) is 1. The fourth-order valence-electron chi connectivity index (χ4n) is 1.91. The lowest BCUT2D eigenvalue weighted by Gasteiger charge is -2.13. The largest absolute Gasteiger partial charge is 0.491 e. The second kappa shape index (κ2) is 9.71. The third-order valence-electron chi connectivity index (χ3n) is 3.23. The van der Waals surface area contributed by atoms with Gasteiger partial charge in [0.1, 0.15) is 10.8 Å². The molecule has 0 unspecified atom stereocenters. The van der Waals surface area contributed by atoms with Crippen LogP contribution in [0.2, 0.25) is 10.0 Å². The van der Waals surface area contributed by atoms with Crippen LogP contribution in [0.25, 0.3) is 0 Å². The lowest BCUT2D eigenvalue weighted by Crippen LogP contribution is -2.18. The monoisotopic (exact) mass is 412 g/mol. The normalized spacial score (nSPS) is 10.3. The topological polar surface area (TPSA) is 58.6 Å². The first-order valence-corrected chi connectivity index (χ1v) is 9.30. The molecule has 0 bridgehead atoms. The molecule has 0 aliphatic heterocycles. The zero-order chi connectivity index (χ0) is 19.1. The minimum Gasteiger partial charge on any atom is -0.491 e. The highest BCUT2D eigenvalue weighted by atomic mass is 35.5. The Labute approximate surface area is 166 Å². The van der Waals surface area contributed by atoms with Crippen molar-refractivity contribution < 1.29 is 14.3 Å². The van der Waals surface area contributed by atoms with Gasteiger partial charge in [0, 0.05) is 19.0 Å². The maximum Gasteiger partial charge on any atom is 0.286 e. The van der Waals surface area contributed by atoms with E-state index in [1.807, 2.05) is 6.07 Å². The van der Waals surface area contributed by atoms with Crippen LogP contribution in [0.1, 0.15) is 6.42 Å². The summed E-state index contributed by atoms with van der Waals surface area (Å²) < 4.78 is 5.51. The number of ether oxygens (including phenoxy) is 1. The molecule has 0 aliphatic rings. The Hall–Kier alpha value is -1.89. The number of benzene rings is 2. The van der Waals surface area contributed by atoms with E-state index >= 15 is 0 Å². The molecule has 0 radical (unpaired) electrons. The van der Waals surface area contributed by atoms with E-state index in [9.17, 15) is 9.59 Å². The minimum absolute atomic E-state index is 0.120. The Morgan fingerprint density at radius 3 is 2.58 bits per heavy atom. The Balaban J connectivity index is 1.92. The van der Waals surface area contributed by atoms with Crippen LogP contribution < -0.4 is 10.1 Å². The van der Waals surface area contributed by atoms with Crippen LogP contribution in [0.5, 0.6) is 5.75 Å². The zero-order valence-electron chi connectivity index (χ0n) is 14.3. The number of amides is 2. The molecule has 8 heteroatoms. The van der Waals surface area contributed by atoms with Gasteiger partial charge in [-0.25, -0.2) is 0 Å². The molecule has 2 amide bonds. The quantitative estimate of drug-likeness (QED) is 0.664. The van der Waals surface area contributed by atoms with Gasteiger partial charge in [-0.15, -0.1) is 0 Å². The highest BCUT2D eigenvalue weighted by Gasteiger charge is 2.13. The van der Waals surface area contributed by atoms with Gasteiger partial charge in [0.15, 0.2) is 0 Å². The van der Waals surface area contributed by atoms with E-state index in [4.69, 9.17) is 27.9 Å². The van der Waals surface area contributed by atoms with Crippen molar-refractivity contribution in [1.82, 2.24) is 4.90 Å². The SMILES string of the molecule is CN(C)C(=O)Sc1ccccc1NC(=O)CCOc1cccc(Cl)c1Cl. The number of carbonyl (C=O) groups excluding carboxylic acids is 2. The van der Waals surface area contributed by atoms with Crippen LogP contribution in [0.3, 0.4) is 0 Å². The fourth-order valence-corrected chi connectivity index (χ4v) is 3.00. The number of rotatable bonds is 6. The molecule has 26 heavy (non-hydrogen) atoms. The van der Waals surface area contributed by atoms with Gasteiger partial charge in [-0.2, -0.15) is 0 Å². The van der Waals surface area contributed by atoms with Gasteiger partial charge in [-0.1, -0.05) is 41.4 Å². The van der Waals surface area contributed by atoms with Crippen molar-refractivity contribution in [1.29, 1.82) is 0 Å². The van der Waals surface area contributed by atoms with E-state index in [2.05, 4.69) is 5.32 Å². The summed E-state index contributed by atoms with van der Waals surface area (Å²) in [5, 5.41) is 3.39. The van der Waals surface area contributed by atoms with Crippen molar-refractivity contribution in [3.8, 4) is 5.75 Å². The average Bonchev–Trinajstić information content (AvgIpc) is 2.60. The van der Waals surface area contributed by atoms with Gasteiger partial charge in [0.05, 0.1) is 23.7 Å². The third kappa shape index (κ3) is 5.83. The van der Waals surface area contributed by atoms with E-state index in [1.165, 1.54) is 4.90 Å². The lowest BCUT2D eigenvalue weighted by molar-refractivity contribution is -0.116. The van der Waals surface area contributed by atoms with Crippen LogP contribution in [0.15, 0.2) is 47.4 Å². The first kappa shape index (κ1) is 20.4. The van der Waals surface area contributed by atoms with Crippen molar-refractivity contribution in [3.05, 3.63) is 52.5 Å². The maximum atomic E-state index is 12.2. The van der Waals surface area contributed by atoms with Crippen LogP contribution in [0, 0.1) is 0 Å². The maximum absolute atomic E-state index is 12.2. The van der Waals surface area contributed by atoms with Crippen molar-refractivity contribution in [2.24, 2.45) is 0 Å². The van der Waals surface area contributed by atoms with E-state index in [-0.39, 0.29) is 24.2 Å². The van der Waals surface area contributed by atoms with E-state index in [0.29, 0.717) is 26.4 Å². The standard InChI is InChI=1S/C18H18Cl2N2O3S/c1-22(2)18(24)26-15-9-4-3-7-13(15)21-16(23)10-11-25-14-8-5-6-12(19)17(14)20/h3-9H,10-11H2,1-2H3,(H,21,23). The Morgan fingerprint density at radius 2 is 1.85 bits per heavy atom. The molecule has 138 valence electrons. The van der Waals surface area contributed by atoms with E-state index in [0.717, 1.165) is 11.8 Å². The van der Waals surface area contributed by atoms with Crippen LogP contribution in [-0.2, 0) is 4.79 Å². The number of carbonyl (C=O) groups is 2. The molecule has 0 saturated heterocycles. The smallest absolute Gasteiger partial charge is 0.286 e. The second-order valence-electron chi connectivity index (χ2n) is 5.46. The number of halogens is 2. The van der Waals surface area contributed by atoms with Crippen molar-refractivity contribution in [3.63, 3.8) is 0 Å². The molecule has 0 aliphatic carbocycles. The molecule has 2 aromatic carbocycles. The molecule has 0 aromatic heterocycles. The van der Waals surface area contributed by atoms with Gasteiger partial charge < -0.3 is 15.0 Å². The zero-order valence-corrected chi connectivity index (χ0v) is 16.6. The molecule has 1 N–H and O–H groups in total. The molecule has 0 spiro atoms. The molecule has 0 heterocycles. The van der Waals surface area contributed by atoms with Crippen LogP contribution in [-0.4, -0.2) is 36.7 Å². The van der Waals surface area contributed by atoms with Gasteiger partial charge >= 0.3 is 0 Å².